The average Bonchev–Trinajstić information content (AvgIpc) is 2.96. The molecule has 0 spiro atoms. The average molecular weight is 361 g/mol. The number of halogens is 2. The number of aromatic nitrogens is 3. The van der Waals surface area contributed by atoms with Crippen LogP contribution in [0.15, 0.2) is 30.9 Å². The number of aliphatic hydroxyl groups is 1. The Labute approximate surface area is 138 Å². The van der Waals surface area contributed by atoms with E-state index in [1.54, 1.807) is 0 Å². The van der Waals surface area contributed by atoms with Crippen LogP contribution >= 0.6 is 0 Å². The molecule has 0 aliphatic carbocycles. The van der Waals surface area contributed by atoms with Gasteiger partial charge in [-0.1, -0.05) is 13.0 Å². The first-order valence-electron chi connectivity index (χ1n) is 6.96. The number of nitrogens with zero attached hydrogens (tertiary/aromatic N) is 3. The molecule has 1 aromatic carbocycles. The van der Waals surface area contributed by atoms with E-state index in [1.165, 1.54) is 24.3 Å². The second-order valence-corrected chi connectivity index (χ2v) is 7.18. The molecule has 2 rings (SSSR count). The molecule has 7 nitrogen and oxygen atoms in total. The van der Waals surface area contributed by atoms with Gasteiger partial charge in [0.25, 0.3) is 10.1 Å². The molecule has 132 valence electrons. The zero-order valence-corrected chi connectivity index (χ0v) is 13.9. The van der Waals surface area contributed by atoms with Crippen molar-refractivity contribution in [2.75, 3.05) is 12.9 Å². The van der Waals surface area contributed by atoms with Crippen molar-refractivity contribution in [3.63, 3.8) is 0 Å². The third-order valence-corrected chi connectivity index (χ3v) is 4.18. The lowest BCUT2D eigenvalue weighted by Gasteiger charge is -2.34. The van der Waals surface area contributed by atoms with E-state index in [1.807, 2.05) is 0 Å². The van der Waals surface area contributed by atoms with Crippen LogP contribution in [-0.4, -0.2) is 41.2 Å². The maximum atomic E-state index is 14.2. The van der Waals surface area contributed by atoms with Crippen LogP contribution in [0.1, 0.15) is 12.5 Å². The van der Waals surface area contributed by atoms with Gasteiger partial charge in [0, 0.05) is 17.5 Å². The van der Waals surface area contributed by atoms with E-state index in [9.17, 15) is 22.3 Å². The minimum absolute atomic E-state index is 0.191. The molecule has 2 atom stereocenters. The molecule has 0 unspecified atom stereocenters. The molecule has 0 radical (unpaired) electrons. The highest BCUT2D eigenvalue weighted by Crippen LogP contribution is 2.34. The Hall–Kier alpha value is -1.91. The number of benzene rings is 1. The van der Waals surface area contributed by atoms with E-state index in [2.05, 4.69) is 10.1 Å². The smallest absolute Gasteiger partial charge is 0.264 e. The van der Waals surface area contributed by atoms with Gasteiger partial charge in [-0.2, -0.15) is 13.5 Å². The van der Waals surface area contributed by atoms with Crippen molar-refractivity contribution in [1.29, 1.82) is 0 Å². The SMILES string of the molecule is C[C@@H](COS(C)(=O)=O)[C@](O)(Cn1cncn1)c1ccc(F)cc1F. The molecule has 1 aromatic heterocycles. The van der Waals surface area contributed by atoms with E-state index in [0.717, 1.165) is 18.4 Å². The van der Waals surface area contributed by atoms with Crippen molar-refractivity contribution in [1.82, 2.24) is 14.8 Å². The highest BCUT2D eigenvalue weighted by molar-refractivity contribution is 7.85. The van der Waals surface area contributed by atoms with E-state index in [-0.39, 0.29) is 18.7 Å². The van der Waals surface area contributed by atoms with Gasteiger partial charge in [0.2, 0.25) is 0 Å². The Kier molecular flexibility index (Phi) is 5.31. The summed E-state index contributed by atoms with van der Waals surface area (Å²) in [5.41, 5.74) is -2.08. The predicted octanol–water partition coefficient (Wildman–Crippen LogP) is 1.06. The summed E-state index contributed by atoms with van der Waals surface area (Å²) in [6.07, 6.45) is 3.42. The van der Waals surface area contributed by atoms with E-state index < -0.39 is 33.3 Å². The second-order valence-electron chi connectivity index (χ2n) is 5.53. The zero-order chi connectivity index (χ0) is 18.0. The van der Waals surface area contributed by atoms with Gasteiger partial charge in [-0.3, -0.25) is 4.18 Å². The molecule has 1 heterocycles. The van der Waals surface area contributed by atoms with Gasteiger partial charge in [0.15, 0.2) is 0 Å². The van der Waals surface area contributed by atoms with Crippen LogP contribution in [0.25, 0.3) is 0 Å². The van der Waals surface area contributed by atoms with Crippen molar-refractivity contribution in [3.05, 3.63) is 48.1 Å². The van der Waals surface area contributed by atoms with Crippen LogP contribution < -0.4 is 0 Å². The maximum absolute atomic E-state index is 14.2. The van der Waals surface area contributed by atoms with Gasteiger partial charge in [-0.05, 0) is 6.07 Å². The fraction of sp³-hybridized carbons (Fsp3) is 0.429. The third kappa shape index (κ3) is 4.34. The number of hydrogen-bond acceptors (Lipinski definition) is 6. The summed E-state index contributed by atoms with van der Waals surface area (Å²) in [5.74, 6) is -2.60. The Bertz CT molecular complexity index is 798. The minimum Gasteiger partial charge on any atom is -0.383 e. The Morgan fingerprint density at radius 2 is 2.12 bits per heavy atom. The number of hydrogen-bond donors (Lipinski definition) is 1. The Morgan fingerprint density at radius 3 is 2.67 bits per heavy atom. The van der Waals surface area contributed by atoms with Crippen molar-refractivity contribution < 1.29 is 26.5 Å². The van der Waals surface area contributed by atoms with E-state index in [0.29, 0.717) is 6.07 Å². The topological polar surface area (TPSA) is 94.3 Å². The molecule has 0 aliphatic heterocycles. The lowest BCUT2D eigenvalue weighted by molar-refractivity contribution is -0.0522. The lowest BCUT2D eigenvalue weighted by atomic mass is 9.82. The molecule has 0 fully saturated rings. The standard InChI is InChI=1S/C14H17F2N3O4S/c1-10(6-23-24(2,21)22)14(20,7-19-9-17-8-18-19)12-4-3-11(15)5-13(12)16/h3-5,8-10,20H,6-7H2,1-2H3/t10-,14+/m0/s1. The van der Waals surface area contributed by atoms with Crippen molar-refractivity contribution in [3.8, 4) is 0 Å². The lowest BCUT2D eigenvalue weighted by Crippen LogP contribution is -2.41. The van der Waals surface area contributed by atoms with Gasteiger partial charge < -0.3 is 5.11 Å². The summed E-state index contributed by atoms with van der Waals surface area (Å²) in [6, 6.07) is 2.76. The summed E-state index contributed by atoms with van der Waals surface area (Å²) in [7, 11) is -3.74. The van der Waals surface area contributed by atoms with Gasteiger partial charge in [0.1, 0.15) is 29.9 Å². The van der Waals surface area contributed by atoms with Gasteiger partial charge in [-0.15, -0.1) is 0 Å². The highest BCUT2D eigenvalue weighted by Gasteiger charge is 2.39. The van der Waals surface area contributed by atoms with Crippen molar-refractivity contribution in [2.24, 2.45) is 5.92 Å². The highest BCUT2D eigenvalue weighted by atomic mass is 32.2. The van der Waals surface area contributed by atoms with Crippen LogP contribution in [0.3, 0.4) is 0 Å². The van der Waals surface area contributed by atoms with Gasteiger partial charge in [0.05, 0.1) is 19.4 Å². The minimum atomic E-state index is -3.74. The van der Waals surface area contributed by atoms with E-state index >= 15 is 0 Å². The molecule has 10 heteroatoms. The van der Waals surface area contributed by atoms with Crippen molar-refractivity contribution in [2.45, 2.75) is 19.1 Å². The van der Waals surface area contributed by atoms with Crippen LogP contribution in [0.5, 0.6) is 0 Å². The normalized spacial score (nSPS) is 15.9. The molecule has 0 amide bonds. The molecule has 0 saturated heterocycles. The second kappa shape index (κ2) is 6.91. The molecular formula is C14H17F2N3O4S. The molecular weight excluding hydrogens is 344 g/mol. The quantitative estimate of drug-likeness (QED) is 0.741. The summed E-state index contributed by atoms with van der Waals surface area (Å²) in [4.78, 5) is 3.74. The van der Waals surface area contributed by atoms with Crippen LogP contribution in [-0.2, 0) is 26.4 Å². The summed E-state index contributed by atoms with van der Waals surface area (Å²) >= 11 is 0. The van der Waals surface area contributed by atoms with E-state index in [4.69, 9.17) is 4.18 Å². The molecule has 0 bridgehead atoms. The Balaban J connectivity index is 2.40. The first-order valence-corrected chi connectivity index (χ1v) is 8.78. The fourth-order valence-electron chi connectivity index (χ4n) is 2.27. The first kappa shape index (κ1) is 18.4. The molecule has 2 aromatic rings. The first-order chi connectivity index (χ1) is 11.1. The number of rotatable bonds is 7. The predicted molar refractivity (Wildman–Crippen MR) is 80.2 cm³/mol. The summed E-state index contributed by atoms with van der Waals surface area (Å²) in [5, 5.41) is 14.9. The third-order valence-electron chi connectivity index (χ3n) is 3.61. The van der Waals surface area contributed by atoms with Crippen LogP contribution in [0, 0.1) is 17.6 Å². The van der Waals surface area contributed by atoms with Crippen LogP contribution in [0.2, 0.25) is 0 Å². The maximum Gasteiger partial charge on any atom is 0.264 e. The largest absolute Gasteiger partial charge is 0.383 e. The van der Waals surface area contributed by atoms with Gasteiger partial charge in [-0.25, -0.2) is 18.4 Å². The monoisotopic (exact) mass is 361 g/mol. The molecule has 0 aliphatic rings. The molecule has 0 saturated carbocycles. The summed E-state index contributed by atoms with van der Waals surface area (Å²) < 4.78 is 55.7. The zero-order valence-electron chi connectivity index (χ0n) is 13.1. The fourth-order valence-corrected chi connectivity index (χ4v) is 2.72. The molecule has 1 N–H and O–H groups in total. The summed E-state index contributed by atoms with van der Waals surface area (Å²) in [6.45, 7) is 0.885. The van der Waals surface area contributed by atoms with Crippen molar-refractivity contribution >= 4 is 10.1 Å². The Morgan fingerprint density at radius 1 is 1.42 bits per heavy atom. The van der Waals surface area contributed by atoms with Gasteiger partial charge >= 0.3 is 0 Å². The van der Waals surface area contributed by atoms with Crippen LogP contribution in [0.4, 0.5) is 8.78 Å². The molecule has 24 heavy (non-hydrogen) atoms.